The van der Waals surface area contributed by atoms with E-state index in [9.17, 15) is 9.59 Å². The Morgan fingerprint density at radius 1 is 1.43 bits per heavy atom. The van der Waals surface area contributed by atoms with E-state index in [0.29, 0.717) is 16.6 Å². The molecule has 3 rings (SSSR count). The van der Waals surface area contributed by atoms with Gasteiger partial charge in [-0.3, -0.25) is 14.7 Å². The van der Waals surface area contributed by atoms with Crippen molar-refractivity contribution in [1.29, 1.82) is 0 Å². The third-order valence-electron chi connectivity index (χ3n) is 3.06. The molecular formula is C13H12N4O3S. The van der Waals surface area contributed by atoms with Crippen LogP contribution in [0.5, 0.6) is 5.75 Å². The number of aromatic nitrogens is 3. The Kier molecular flexibility index (Phi) is 3.61. The van der Waals surface area contributed by atoms with Crippen LogP contribution in [-0.4, -0.2) is 39.4 Å². The Hall–Kier alpha value is -2.35. The lowest BCUT2D eigenvalue weighted by Gasteiger charge is -2.15. The van der Waals surface area contributed by atoms with Crippen LogP contribution < -0.4 is 9.64 Å². The summed E-state index contributed by atoms with van der Waals surface area (Å²) in [7, 11) is 1.54. The zero-order valence-electron chi connectivity index (χ0n) is 11.1. The molecule has 1 aromatic carbocycles. The molecule has 1 aromatic heterocycles. The van der Waals surface area contributed by atoms with Crippen molar-refractivity contribution in [3.8, 4) is 5.75 Å². The normalized spacial score (nSPS) is 18.3. The average molecular weight is 304 g/mol. The fourth-order valence-electron chi connectivity index (χ4n) is 2.10. The van der Waals surface area contributed by atoms with Crippen molar-refractivity contribution >= 4 is 29.3 Å². The summed E-state index contributed by atoms with van der Waals surface area (Å²) in [4.78, 5) is 29.7. The Bertz CT molecular complexity index is 674. The Labute approximate surface area is 124 Å². The second-order valence-corrected chi connectivity index (χ2v) is 5.56. The van der Waals surface area contributed by atoms with Gasteiger partial charge >= 0.3 is 0 Å². The lowest BCUT2D eigenvalue weighted by atomic mass is 10.3. The van der Waals surface area contributed by atoms with Crippen LogP contribution >= 0.6 is 11.8 Å². The number of benzene rings is 1. The molecule has 21 heavy (non-hydrogen) atoms. The number of methoxy groups -OCH3 is 1. The number of thioether (sulfide) groups is 1. The van der Waals surface area contributed by atoms with E-state index in [1.807, 2.05) is 0 Å². The first kappa shape index (κ1) is 13.6. The monoisotopic (exact) mass is 304 g/mol. The first-order chi connectivity index (χ1) is 10.2. The van der Waals surface area contributed by atoms with Gasteiger partial charge < -0.3 is 4.74 Å². The van der Waals surface area contributed by atoms with Crippen molar-refractivity contribution in [2.24, 2.45) is 0 Å². The van der Waals surface area contributed by atoms with Crippen LogP contribution in [0.2, 0.25) is 0 Å². The summed E-state index contributed by atoms with van der Waals surface area (Å²) in [5.74, 6) is 0.111. The molecule has 2 amide bonds. The number of nitrogens with zero attached hydrogens (tertiary/aromatic N) is 3. The highest BCUT2D eigenvalue weighted by Gasteiger charge is 2.40. The first-order valence-electron chi connectivity index (χ1n) is 6.22. The molecule has 0 bridgehead atoms. The molecular weight excluding hydrogens is 292 g/mol. The summed E-state index contributed by atoms with van der Waals surface area (Å²) >= 11 is 1.21. The molecule has 108 valence electrons. The molecule has 1 N–H and O–H groups in total. The fraction of sp³-hybridized carbons (Fsp3) is 0.231. The molecule has 1 aliphatic rings. The van der Waals surface area contributed by atoms with Crippen LogP contribution in [0.15, 0.2) is 35.7 Å². The number of rotatable bonds is 4. The standard InChI is InChI=1S/C13H12N4O3S/c1-20-9-4-2-3-8(5-9)17-11(18)6-10(12(17)19)21-13-14-7-15-16-13/h2-5,7,10H,6H2,1H3,(H,14,15,16). The third kappa shape index (κ3) is 2.62. The van der Waals surface area contributed by atoms with E-state index in [2.05, 4.69) is 15.2 Å². The van der Waals surface area contributed by atoms with Crippen molar-refractivity contribution in [3.05, 3.63) is 30.6 Å². The molecule has 0 aliphatic carbocycles. The van der Waals surface area contributed by atoms with E-state index in [4.69, 9.17) is 4.74 Å². The number of nitrogens with one attached hydrogen (secondary N) is 1. The van der Waals surface area contributed by atoms with Crippen molar-refractivity contribution < 1.29 is 14.3 Å². The molecule has 0 spiro atoms. The molecule has 1 saturated heterocycles. The molecule has 7 nitrogen and oxygen atoms in total. The van der Waals surface area contributed by atoms with Crippen molar-refractivity contribution in [2.75, 3.05) is 12.0 Å². The predicted octanol–water partition coefficient (Wildman–Crippen LogP) is 1.24. The van der Waals surface area contributed by atoms with Crippen molar-refractivity contribution in [2.45, 2.75) is 16.8 Å². The molecule has 8 heteroatoms. The van der Waals surface area contributed by atoms with Gasteiger partial charge in [0.25, 0.3) is 0 Å². The summed E-state index contributed by atoms with van der Waals surface area (Å²) < 4.78 is 5.12. The minimum Gasteiger partial charge on any atom is -0.497 e. The van der Waals surface area contributed by atoms with E-state index in [1.165, 1.54) is 30.1 Å². The van der Waals surface area contributed by atoms with E-state index >= 15 is 0 Å². The molecule has 1 fully saturated rings. The molecule has 2 aromatic rings. The lowest BCUT2D eigenvalue weighted by Crippen LogP contribution is -2.31. The van der Waals surface area contributed by atoms with Gasteiger partial charge in [-0.15, -0.1) is 0 Å². The summed E-state index contributed by atoms with van der Waals surface area (Å²) in [6.07, 6.45) is 1.50. The van der Waals surface area contributed by atoms with Gasteiger partial charge in [-0.2, -0.15) is 5.10 Å². The summed E-state index contributed by atoms with van der Waals surface area (Å²) in [6.45, 7) is 0. The second kappa shape index (κ2) is 5.57. The predicted molar refractivity (Wildman–Crippen MR) is 76.1 cm³/mol. The lowest BCUT2D eigenvalue weighted by molar-refractivity contribution is -0.121. The maximum Gasteiger partial charge on any atom is 0.247 e. The third-order valence-corrected chi connectivity index (χ3v) is 4.14. The number of ether oxygens (including phenoxy) is 1. The topological polar surface area (TPSA) is 88.2 Å². The number of carbonyl (C=O) groups excluding carboxylic acids is 2. The fourth-order valence-corrected chi connectivity index (χ4v) is 3.02. The number of aromatic amines is 1. The van der Waals surface area contributed by atoms with E-state index in [-0.39, 0.29) is 18.2 Å². The van der Waals surface area contributed by atoms with Crippen LogP contribution in [0.25, 0.3) is 0 Å². The van der Waals surface area contributed by atoms with Gasteiger partial charge in [0.15, 0.2) is 5.16 Å². The Morgan fingerprint density at radius 2 is 2.29 bits per heavy atom. The molecule has 0 saturated carbocycles. The van der Waals surface area contributed by atoms with Crippen molar-refractivity contribution in [1.82, 2.24) is 15.2 Å². The van der Waals surface area contributed by atoms with Gasteiger partial charge in [0, 0.05) is 12.5 Å². The number of H-pyrrole nitrogens is 1. The zero-order chi connectivity index (χ0) is 14.8. The highest BCUT2D eigenvalue weighted by atomic mass is 32.2. The molecule has 0 radical (unpaired) electrons. The number of hydrogen-bond donors (Lipinski definition) is 1. The van der Waals surface area contributed by atoms with Gasteiger partial charge in [0.1, 0.15) is 17.3 Å². The second-order valence-electron chi connectivity index (χ2n) is 4.37. The van der Waals surface area contributed by atoms with E-state index in [0.717, 1.165) is 0 Å². The van der Waals surface area contributed by atoms with Crippen LogP contribution in [0.1, 0.15) is 6.42 Å². The van der Waals surface area contributed by atoms with Crippen molar-refractivity contribution in [3.63, 3.8) is 0 Å². The summed E-state index contributed by atoms with van der Waals surface area (Å²) in [5, 5.41) is 6.43. The molecule has 2 heterocycles. The van der Waals surface area contributed by atoms with Crippen LogP contribution in [0, 0.1) is 0 Å². The highest BCUT2D eigenvalue weighted by Crippen LogP contribution is 2.33. The summed E-state index contributed by atoms with van der Waals surface area (Å²) in [6, 6.07) is 6.87. The van der Waals surface area contributed by atoms with Crippen LogP contribution in [-0.2, 0) is 9.59 Å². The minimum absolute atomic E-state index is 0.140. The maximum absolute atomic E-state index is 12.4. The molecule has 1 atom stereocenters. The number of anilines is 1. The Morgan fingerprint density at radius 3 is 3.00 bits per heavy atom. The maximum atomic E-state index is 12.4. The van der Waals surface area contributed by atoms with Gasteiger partial charge in [-0.1, -0.05) is 17.8 Å². The van der Waals surface area contributed by atoms with Gasteiger partial charge in [-0.05, 0) is 12.1 Å². The Balaban J connectivity index is 1.83. The van der Waals surface area contributed by atoms with Crippen LogP contribution in [0.4, 0.5) is 5.69 Å². The van der Waals surface area contributed by atoms with Gasteiger partial charge in [0.2, 0.25) is 11.8 Å². The zero-order valence-corrected chi connectivity index (χ0v) is 12.0. The first-order valence-corrected chi connectivity index (χ1v) is 7.10. The minimum atomic E-state index is -0.489. The number of imide groups is 1. The SMILES string of the molecule is COc1cccc(N2C(=O)CC(Sc3ncn[nH]3)C2=O)c1. The highest BCUT2D eigenvalue weighted by molar-refractivity contribution is 8.00. The largest absolute Gasteiger partial charge is 0.497 e. The average Bonchev–Trinajstić information content (AvgIpc) is 3.08. The quantitative estimate of drug-likeness (QED) is 0.855. The smallest absolute Gasteiger partial charge is 0.247 e. The van der Waals surface area contributed by atoms with Gasteiger partial charge in [0.05, 0.1) is 12.8 Å². The van der Waals surface area contributed by atoms with Gasteiger partial charge in [-0.25, -0.2) is 9.88 Å². The van der Waals surface area contributed by atoms with E-state index < -0.39 is 5.25 Å². The number of carbonyl (C=O) groups is 2. The van der Waals surface area contributed by atoms with Crippen LogP contribution in [0.3, 0.4) is 0 Å². The molecule has 1 aliphatic heterocycles. The number of hydrogen-bond acceptors (Lipinski definition) is 6. The molecule has 1 unspecified atom stereocenters. The number of amides is 2. The summed E-state index contributed by atoms with van der Waals surface area (Å²) in [5.41, 5.74) is 0.519. The van der Waals surface area contributed by atoms with E-state index in [1.54, 1.807) is 24.3 Å².